The molecule has 0 bridgehead atoms. The first-order valence-electron chi connectivity index (χ1n) is 9.25. The maximum Gasteiger partial charge on any atom is 0.272 e. The molecule has 2 fully saturated rings. The average molecular weight is 352 g/mol. The second-order valence-corrected chi connectivity index (χ2v) is 7.52. The molecule has 136 valence electrons. The molecular formula is C20H24N4O2. The predicted octanol–water partition coefficient (Wildman–Crippen LogP) is 2.39. The number of amides is 2. The number of piperidine rings is 1. The Morgan fingerprint density at radius 3 is 2.46 bits per heavy atom. The summed E-state index contributed by atoms with van der Waals surface area (Å²) in [6.45, 7) is 3.36. The molecule has 4 rings (SSSR count). The molecule has 26 heavy (non-hydrogen) atoms. The number of hydrogen-bond acceptors (Lipinski definition) is 3. The van der Waals surface area contributed by atoms with Gasteiger partial charge < -0.3 is 14.8 Å². The van der Waals surface area contributed by atoms with E-state index < -0.39 is 6.04 Å². The van der Waals surface area contributed by atoms with Crippen LogP contribution in [0.15, 0.2) is 42.9 Å². The van der Waals surface area contributed by atoms with E-state index in [-0.39, 0.29) is 11.8 Å². The van der Waals surface area contributed by atoms with Crippen LogP contribution < -0.4 is 5.32 Å². The summed E-state index contributed by atoms with van der Waals surface area (Å²) in [7, 11) is 0. The largest absolute Gasteiger partial charge is 0.341 e. The van der Waals surface area contributed by atoms with Gasteiger partial charge in [0.1, 0.15) is 18.1 Å². The van der Waals surface area contributed by atoms with E-state index in [1.165, 1.54) is 12.8 Å². The maximum absolute atomic E-state index is 12.6. The Morgan fingerprint density at radius 2 is 1.81 bits per heavy atom. The van der Waals surface area contributed by atoms with E-state index in [2.05, 4.69) is 10.3 Å². The molecule has 1 saturated carbocycles. The van der Waals surface area contributed by atoms with Gasteiger partial charge in [-0.15, -0.1) is 0 Å². The van der Waals surface area contributed by atoms with Gasteiger partial charge in [-0.3, -0.25) is 9.59 Å². The molecule has 1 saturated heterocycles. The molecule has 6 nitrogen and oxygen atoms in total. The van der Waals surface area contributed by atoms with E-state index in [4.69, 9.17) is 0 Å². The van der Waals surface area contributed by atoms with Crippen molar-refractivity contribution in [2.24, 2.45) is 5.41 Å². The fraction of sp³-hybridized carbons (Fsp3) is 0.450. The molecule has 1 aromatic carbocycles. The third kappa shape index (κ3) is 3.36. The number of para-hydroxylation sites is 1. The minimum atomic E-state index is -0.544. The zero-order chi connectivity index (χ0) is 18.1. The van der Waals surface area contributed by atoms with Crippen molar-refractivity contribution in [3.63, 3.8) is 0 Å². The molecule has 1 N–H and O–H groups in total. The van der Waals surface area contributed by atoms with Crippen LogP contribution in [0.1, 0.15) is 43.1 Å². The van der Waals surface area contributed by atoms with E-state index in [0.717, 1.165) is 31.6 Å². The average Bonchev–Trinajstić information content (AvgIpc) is 3.23. The normalized spacial score (nSPS) is 19.2. The summed E-state index contributed by atoms with van der Waals surface area (Å²) in [6.07, 6.45) is 8.11. The van der Waals surface area contributed by atoms with E-state index in [9.17, 15) is 9.59 Å². The van der Waals surface area contributed by atoms with Crippen molar-refractivity contribution in [3.8, 4) is 5.69 Å². The zero-order valence-electron chi connectivity index (χ0n) is 15.0. The maximum atomic E-state index is 12.6. The SMILES string of the molecule is C[C@H](NC(=O)c1cn(-c2ccccc2)cn1)C(=O)N1CCC2(CC1)CC2. The summed E-state index contributed by atoms with van der Waals surface area (Å²) in [5.41, 5.74) is 1.78. The van der Waals surface area contributed by atoms with Crippen molar-refractivity contribution < 1.29 is 9.59 Å². The standard InChI is InChI=1S/C20H24N4O2/c1-15(19(26)23-11-9-20(7-8-20)10-12-23)22-18(25)17-13-24(14-21-17)16-5-3-2-4-6-16/h2-6,13-15H,7-12H2,1H3,(H,22,25)/t15-/m0/s1. The highest BCUT2D eigenvalue weighted by Gasteiger charge is 2.45. The molecule has 0 unspecified atom stereocenters. The first kappa shape index (κ1) is 16.8. The predicted molar refractivity (Wildman–Crippen MR) is 98.0 cm³/mol. The second kappa shape index (κ2) is 6.59. The van der Waals surface area contributed by atoms with Crippen molar-refractivity contribution in [1.82, 2.24) is 19.8 Å². The Bertz CT molecular complexity index is 800. The Balaban J connectivity index is 1.35. The van der Waals surface area contributed by atoms with Gasteiger partial charge in [-0.05, 0) is 50.2 Å². The van der Waals surface area contributed by atoms with E-state index in [1.54, 1.807) is 24.0 Å². The summed E-state index contributed by atoms with van der Waals surface area (Å²) in [5, 5.41) is 2.79. The molecule has 2 heterocycles. The Kier molecular flexibility index (Phi) is 4.26. The van der Waals surface area contributed by atoms with Crippen LogP contribution in [0.25, 0.3) is 5.69 Å². The van der Waals surface area contributed by atoms with Crippen molar-refractivity contribution in [3.05, 3.63) is 48.5 Å². The molecule has 0 radical (unpaired) electrons. The monoisotopic (exact) mass is 352 g/mol. The topological polar surface area (TPSA) is 67.2 Å². The lowest BCUT2D eigenvalue weighted by atomic mass is 9.93. The minimum Gasteiger partial charge on any atom is -0.341 e. The summed E-state index contributed by atoms with van der Waals surface area (Å²) in [5.74, 6) is -0.326. The highest BCUT2D eigenvalue weighted by molar-refractivity contribution is 5.95. The second-order valence-electron chi connectivity index (χ2n) is 7.52. The number of likely N-dealkylation sites (tertiary alicyclic amines) is 1. The summed E-state index contributed by atoms with van der Waals surface area (Å²) in [4.78, 5) is 31.1. The van der Waals surface area contributed by atoms with Crippen LogP contribution in [0, 0.1) is 5.41 Å². The van der Waals surface area contributed by atoms with Gasteiger partial charge in [-0.1, -0.05) is 18.2 Å². The summed E-state index contributed by atoms with van der Waals surface area (Å²) < 4.78 is 1.79. The van der Waals surface area contributed by atoms with Gasteiger partial charge in [0.05, 0.1) is 0 Å². The van der Waals surface area contributed by atoms with Gasteiger partial charge in [-0.25, -0.2) is 4.98 Å². The zero-order valence-corrected chi connectivity index (χ0v) is 15.0. The fourth-order valence-corrected chi connectivity index (χ4v) is 3.67. The summed E-state index contributed by atoms with van der Waals surface area (Å²) in [6, 6.07) is 9.14. The lowest BCUT2D eigenvalue weighted by Gasteiger charge is -2.33. The Hall–Kier alpha value is -2.63. The third-order valence-corrected chi connectivity index (χ3v) is 5.68. The number of imidazole rings is 1. The van der Waals surface area contributed by atoms with Crippen molar-refractivity contribution in [2.75, 3.05) is 13.1 Å². The molecule has 2 amide bonds. The highest BCUT2D eigenvalue weighted by atomic mass is 16.2. The Labute approximate surface area is 153 Å². The van der Waals surface area contributed by atoms with Crippen LogP contribution in [0.4, 0.5) is 0 Å². The van der Waals surface area contributed by atoms with Crippen LogP contribution in [-0.2, 0) is 4.79 Å². The fourth-order valence-electron chi connectivity index (χ4n) is 3.67. The first-order valence-corrected chi connectivity index (χ1v) is 9.25. The van der Waals surface area contributed by atoms with E-state index >= 15 is 0 Å². The van der Waals surface area contributed by atoms with Gasteiger partial charge in [0, 0.05) is 25.0 Å². The van der Waals surface area contributed by atoms with Gasteiger partial charge in [-0.2, -0.15) is 0 Å². The molecular weight excluding hydrogens is 328 g/mol. The smallest absolute Gasteiger partial charge is 0.272 e. The number of aromatic nitrogens is 2. The van der Waals surface area contributed by atoms with E-state index in [1.807, 2.05) is 35.2 Å². The lowest BCUT2D eigenvalue weighted by molar-refractivity contribution is -0.134. The summed E-state index contributed by atoms with van der Waals surface area (Å²) >= 11 is 0. The van der Waals surface area contributed by atoms with Gasteiger partial charge >= 0.3 is 0 Å². The third-order valence-electron chi connectivity index (χ3n) is 5.68. The van der Waals surface area contributed by atoms with Crippen LogP contribution >= 0.6 is 0 Å². The number of nitrogens with zero attached hydrogens (tertiary/aromatic N) is 3. The molecule has 2 aromatic rings. The van der Waals surface area contributed by atoms with Crippen LogP contribution in [0.3, 0.4) is 0 Å². The van der Waals surface area contributed by atoms with Gasteiger partial charge in [0.2, 0.25) is 5.91 Å². The van der Waals surface area contributed by atoms with Crippen LogP contribution in [-0.4, -0.2) is 45.4 Å². The van der Waals surface area contributed by atoms with Crippen molar-refractivity contribution in [2.45, 2.75) is 38.6 Å². The van der Waals surface area contributed by atoms with Gasteiger partial charge in [0.15, 0.2) is 0 Å². The number of nitrogens with one attached hydrogen (secondary N) is 1. The number of carbonyl (C=O) groups excluding carboxylic acids is 2. The minimum absolute atomic E-state index is 0.00339. The molecule has 1 aromatic heterocycles. The van der Waals surface area contributed by atoms with Gasteiger partial charge in [0.25, 0.3) is 5.91 Å². The molecule has 1 aliphatic heterocycles. The number of carbonyl (C=O) groups is 2. The molecule has 6 heteroatoms. The van der Waals surface area contributed by atoms with Crippen molar-refractivity contribution >= 4 is 11.8 Å². The molecule has 1 aliphatic carbocycles. The number of rotatable bonds is 4. The lowest BCUT2D eigenvalue weighted by Crippen LogP contribution is -2.49. The molecule has 2 aliphatic rings. The first-order chi connectivity index (χ1) is 12.6. The highest BCUT2D eigenvalue weighted by Crippen LogP contribution is 2.53. The van der Waals surface area contributed by atoms with Crippen LogP contribution in [0.2, 0.25) is 0 Å². The number of hydrogen-bond donors (Lipinski definition) is 1. The van der Waals surface area contributed by atoms with E-state index in [0.29, 0.717) is 11.1 Å². The number of benzene rings is 1. The molecule has 1 atom stereocenters. The van der Waals surface area contributed by atoms with Crippen molar-refractivity contribution in [1.29, 1.82) is 0 Å². The Morgan fingerprint density at radius 1 is 1.12 bits per heavy atom. The van der Waals surface area contributed by atoms with Crippen LogP contribution in [0.5, 0.6) is 0 Å². The molecule has 1 spiro atoms. The quantitative estimate of drug-likeness (QED) is 0.919.